The van der Waals surface area contributed by atoms with Crippen LogP contribution in [0.4, 0.5) is 17.8 Å². The van der Waals surface area contributed by atoms with Crippen molar-refractivity contribution in [3.05, 3.63) is 0 Å². The second-order valence-corrected chi connectivity index (χ2v) is 4.36. The SMILES string of the molecule is CNc1nc(NC(C)CO)nc(N2CCOCC2)n1. The highest BCUT2D eigenvalue weighted by atomic mass is 16.5. The van der Waals surface area contributed by atoms with Crippen molar-refractivity contribution in [3.63, 3.8) is 0 Å². The summed E-state index contributed by atoms with van der Waals surface area (Å²) in [5.41, 5.74) is 0. The van der Waals surface area contributed by atoms with Gasteiger partial charge in [-0.3, -0.25) is 0 Å². The normalized spacial score (nSPS) is 17.1. The Labute approximate surface area is 112 Å². The van der Waals surface area contributed by atoms with Crippen LogP contribution in [0.5, 0.6) is 0 Å². The van der Waals surface area contributed by atoms with Crippen molar-refractivity contribution in [3.8, 4) is 0 Å². The van der Waals surface area contributed by atoms with E-state index in [1.165, 1.54) is 0 Å². The van der Waals surface area contributed by atoms with Crippen LogP contribution in [0.2, 0.25) is 0 Å². The monoisotopic (exact) mass is 268 g/mol. The molecule has 0 saturated carbocycles. The van der Waals surface area contributed by atoms with Crippen molar-refractivity contribution in [2.75, 3.05) is 55.5 Å². The number of aromatic nitrogens is 3. The molecular weight excluding hydrogens is 248 g/mol. The lowest BCUT2D eigenvalue weighted by Gasteiger charge is -2.27. The van der Waals surface area contributed by atoms with E-state index >= 15 is 0 Å². The van der Waals surface area contributed by atoms with Crippen molar-refractivity contribution in [2.45, 2.75) is 13.0 Å². The lowest BCUT2D eigenvalue weighted by molar-refractivity contribution is 0.122. The fourth-order valence-electron chi connectivity index (χ4n) is 1.71. The van der Waals surface area contributed by atoms with E-state index in [2.05, 4.69) is 30.5 Å². The van der Waals surface area contributed by atoms with Crippen LogP contribution in [-0.4, -0.2) is 66.1 Å². The molecule has 2 heterocycles. The predicted molar refractivity (Wildman–Crippen MR) is 72.6 cm³/mol. The molecule has 0 amide bonds. The van der Waals surface area contributed by atoms with E-state index in [1.807, 2.05) is 6.92 Å². The Morgan fingerprint density at radius 3 is 2.58 bits per heavy atom. The molecule has 0 aromatic carbocycles. The van der Waals surface area contributed by atoms with Crippen molar-refractivity contribution in [1.82, 2.24) is 15.0 Å². The smallest absolute Gasteiger partial charge is 0.232 e. The highest BCUT2D eigenvalue weighted by Crippen LogP contribution is 2.15. The van der Waals surface area contributed by atoms with Gasteiger partial charge in [-0.1, -0.05) is 0 Å². The highest BCUT2D eigenvalue weighted by Gasteiger charge is 2.16. The minimum Gasteiger partial charge on any atom is -0.394 e. The van der Waals surface area contributed by atoms with Gasteiger partial charge >= 0.3 is 0 Å². The first-order valence-electron chi connectivity index (χ1n) is 6.37. The van der Waals surface area contributed by atoms with Crippen molar-refractivity contribution < 1.29 is 9.84 Å². The molecule has 2 rings (SSSR count). The van der Waals surface area contributed by atoms with Crippen molar-refractivity contribution in [2.24, 2.45) is 0 Å². The number of nitrogens with zero attached hydrogens (tertiary/aromatic N) is 4. The standard InChI is InChI=1S/C11H20N6O2/c1-8(7-18)13-10-14-9(12-2)15-11(16-10)17-3-5-19-6-4-17/h8,18H,3-7H2,1-2H3,(H2,12,13,14,15,16). The second kappa shape index (κ2) is 6.48. The zero-order valence-electron chi connectivity index (χ0n) is 11.3. The first-order chi connectivity index (χ1) is 9.22. The molecule has 19 heavy (non-hydrogen) atoms. The molecule has 1 aliphatic rings. The van der Waals surface area contributed by atoms with E-state index in [1.54, 1.807) is 7.05 Å². The molecule has 0 radical (unpaired) electrons. The lowest BCUT2D eigenvalue weighted by atomic mass is 10.4. The molecule has 1 aromatic rings. The van der Waals surface area contributed by atoms with Crippen LogP contribution in [0.25, 0.3) is 0 Å². The van der Waals surface area contributed by atoms with Gasteiger partial charge in [-0.25, -0.2) is 0 Å². The summed E-state index contributed by atoms with van der Waals surface area (Å²) in [6.45, 7) is 4.77. The number of ether oxygens (including phenoxy) is 1. The molecule has 1 saturated heterocycles. The lowest BCUT2D eigenvalue weighted by Crippen LogP contribution is -2.37. The summed E-state index contributed by atoms with van der Waals surface area (Å²) < 4.78 is 5.31. The fraction of sp³-hybridized carbons (Fsp3) is 0.727. The molecule has 8 nitrogen and oxygen atoms in total. The van der Waals surface area contributed by atoms with E-state index in [9.17, 15) is 0 Å². The van der Waals surface area contributed by atoms with Gasteiger partial charge < -0.3 is 25.4 Å². The maximum Gasteiger partial charge on any atom is 0.232 e. The fourth-order valence-corrected chi connectivity index (χ4v) is 1.71. The quantitative estimate of drug-likeness (QED) is 0.660. The van der Waals surface area contributed by atoms with Gasteiger partial charge in [0.15, 0.2) is 0 Å². The summed E-state index contributed by atoms with van der Waals surface area (Å²) in [6, 6.07) is -0.107. The first-order valence-corrected chi connectivity index (χ1v) is 6.37. The summed E-state index contributed by atoms with van der Waals surface area (Å²) in [4.78, 5) is 15.0. The summed E-state index contributed by atoms with van der Waals surface area (Å²) in [5.74, 6) is 1.59. The Hall–Kier alpha value is -1.67. The average Bonchev–Trinajstić information content (AvgIpc) is 2.47. The number of nitrogens with one attached hydrogen (secondary N) is 2. The number of rotatable bonds is 5. The number of aliphatic hydroxyl groups excluding tert-OH is 1. The Balaban J connectivity index is 2.19. The summed E-state index contributed by atoms with van der Waals surface area (Å²) in [7, 11) is 1.76. The molecule has 8 heteroatoms. The van der Waals surface area contributed by atoms with Crippen molar-refractivity contribution in [1.29, 1.82) is 0 Å². The first kappa shape index (κ1) is 13.8. The maximum atomic E-state index is 9.06. The zero-order chi connectivity index (χ0) is 13.7. The third kappa shape index (κ3) is 3.65. The number of hydrogen-bond donors (Lipinski definition) is 3. The Morgan fingerprint density at radius 2 is 1.95 bits per heavy atom. The molecule has 1 aliphatic heterocycles. The molecule has 0 bridgehead atoms. The molecular formula is C11H20N6O2. The molecule has 1 fully saturated rings. The van der Waals surface area contributed by atoms with Gasteiger partial charge in [0.25, 0.3) is 0 Å². The minimum absolute atomic E-state index is 0.0213. The zero-order valence-corrected chi connectivity index (χ0v) is 11.3. The van der Waals surface area contributed by atoms with Crippen LogP contribution in [0.1, 0.15) is 6.92 Å². The summed E-state index contributed by atoms with van der Waals surface area (Å²) in [5, 5.41) is 15.0. The molecule has 1 unspecified atom stereocenters. The van der Waals surface area contributed by atoms with E-state index in [0.29, 0.717) is 31.1 Å². The molecule has 1 atom stereocenters. The molecule has 3 N–H and O–H groups in total. The molecule has 106 valence electrons. The van der Waals surface area contributed by atoms with Gasteiger partial charge in [0, 0.05) is 26.2 Å². The van der Waals surface area contributed by atoms with E-state index < -0.39 is 0 Å². The van der Waals surface area contributed by atoms with E-state index in [4.69, 9.17) is 9.84 Å². The summed E-state index contributed by atoms with van der Waals surface area (Å²) in [6.07, 6.45) is 0. The van der Waals surface area contributed by atoms with Gasteiger partial charge in [0.2, 0.25) is 17.8 Å². The number of morpholine rings is 1. The Morgan fingerprint density at radius 1 is 1.26 bits per heavy atom. The topological polar surface area (TPSA) is 95.4 Å². The predicted octanol–water partition coefficient (Wildman–Crippen LogP) is -0.457. The van der Waals surface area contributed by atoms with Gasteiger partial charge in [0.05, 0.1) is 19.8 Å². The Kier molecular flexibility index (Phi) is 4.69. The van der Waals surface area contributed by atoms with Crippen LogP contribution in [0.3, 0.4) is 0 Å². The third-order valence-electron chi connectivity index (χ3n) is 2.79. The number of anilines is 3. The molecule has 0 spiro atoms. The minimum atomic E-state index is -0.107. The van der Waals surface area contributed by atoms with Crippen LogP contribution in [-0.2, 0) is 4.74 Å². The second-order valence-electron chi connectivity index (χ2n) is 4.36. The highest BCUT2D eigenvalue weighted by molar-refractivity contribution is 5.44. The van der Waals surface area contributed by atoms with Crippen molar-refractivity contribution >= 4 is 17.8 Å². The van der Waals surface area contributed by atoms with Gasteiger partial charge in [0.1, 0.15) is 0 Å². The van der Waals surface area contributed by atoms with Gasteiger partial charge in [-0.2, -0.15) is 15.0 Å². The Bertz CT molecular complexity index is 410. The van der Waals surface area contributed by atoms with Gasteiger partial charge in [-0.15, -0.1) is 0 Å². The maximum absolute atomic E-state index is 9.06. The molecule has 0 aliphatic carbocycles. The largest absolute Gasteiger partial charge is 0.394 e. The van der Waals surface area contributed by atoms with E-state index in [-0.39, 0.29) is 12.6 Å². The van der Waals surface area contributed by atoms with Gasteiger partial charge in [-0.05, 0) is 6.92 Å². The van der Waals surface area contributed by atoms with E-state index in [0.717, 1.165) is 13.1 Å². The third-order valence-corrected chi connectivity index (χ3v) is 2.79. The van der Waals surface area contributed by atoms with Crippen LogP contribution in [0, 0.1) is 0 Å². The number of hydrogen-bond acceptors (Lipinski definition) is 8. The van der Waals surface area contributed by atoms with Crippen LogP contribution < -0.4 is 15.5 Å². The number of aliphatic hydroxyl groups is 1. The molecule has 1 aromatic heterocycles. The summed E-state index contributed by atoms with van der Waals surface area (Å²) >= 11 is 0. The average molecular weight is 268 g/mol. The van der Waals surface area contributed by atoms with Crippen LogP contribution >= 0.6 is 0 Å². The van der Waals surface area contributed by atoms with Crippen LogP contribution in [0.15, 0.2) is 0 Å².